The summed E-state index contributed by atoms with van der Waals surface area (Å²) in [5.74, 6) is 0.0891. The van der Waals surface area contributed by atoms with Crippen molar-refractivity contribution in [1.82, 2.24) is 25.0 Å². The van der Waals surface area contributed by atoms with E-state index >= 15 is 0 Å². The first-order chi connectivity index (χ1) is 15.5. The van der Waals surface area contributed by atoms with Gasteiger partial charge in [-0.2, -0.15) is 5.10 Å². The number of fused-ring (bicyclic) bond motifs is 1. The van der Waals surface area contributed by atoms with Crippen LogP contribution in [-0.2, 0) is 9.53 Å². The van der Waals surface area contributed by atoms with Crippen molar-refractivity contribution in [3.8, 4) is 17.0 Å². The highest BCUT2D eigenvalue weighted by molar-refractivity contribution is 6.07. The van der Waals surface area contributed by atoms with Gasteiger partial charge in [0, 0.05) is 38.3 Å². The molecule has 2 aromatic heterocycles. The lowest BCUT2D eigenvalue weighted by Gasteiger charge is -2.36. The van der Waals surface area contributed by atoms with Crippen molar-refractivity contribution in [2.45, 2.75) is 25.9 Å². The Morgan fingerprint density at radius 3 is 2.53 bits per heavy atom. The molecule has 2 fully saturated rings. The molecular formula is C23H25N5O4. The molecule has 9 nitrogen and oxygen atoms in total. The Morgan fingerprint density at radius 2 is 1.84 bits per heavy atom. The highest BCUT2D eigenvalue weighted by atomic mass is 16.5. The van der Waals surface area contributed by atoms with E-state index < -0.39 is 0 Å². The summed E-state index contributed by atoms with van der Waals surface area (Å²) in [5.41, 5.74) is 3.20. The first-order valence-corrected chi connectivity index (χ1v) is 10.9. The zero-order valence-electron chi connectivity index (χ0n) is 17.9. The number of aromatic amines is 1. The molecule has 2 N–H and O–H groups in total. The van der Waals surface area contributed by atoms with Gasteiger partial charge in [0.2, 0.25) is 0 Å². The second-order valence-electron chi connectivity index (χ2n) is 8.25. The quantitative estimate of drug-likeness (QED) is 0.652. The summed E-state index contributed by atoms with van der Waals surface area (Å²) in [6.07, 6.45) is 1.35. The monoisotopic (exact) mass is 435 g/mol. The smallest absolute Gasteiger partial charge is 0.254 e. The second-order valence-corrected chi connectivity index (χ2v) is 8.25. The number of aromatic hydroxyl groups is 1. The fourth-order valence-corrected chi connectivity index (χ4v) is 4.41. The number of aryl methyl sites for hydroxylation is 1. The lowest BCUT2D eigenvalue weighted by atomic mass is 10.0. The van der Waals surface area contributed by atoms with Crippen molar-refractivity contribution >= 4 is 22.8 Å². The van der Waals surface area contributed by atoms with Gasteiger partial charge in [-0.1, -0.05) is 0 Å². The Balaban J connectivity index is 1.40. The third kappa shape index (κ3) is 3.69. The molecule has 3 aromatic rings. The molecule has 0 spiro atoms. The molecule has 2 saturated heterocycles. The number of pyridine rings is 1. The van der Waals surface area contributed by atoms with Crippen LogP contribution in [0.5, 0.6) is 5.75 Å². The minimum absolute atomic E-state index is 0.0289. The summed E-state index contributed by atoms with van der Waals surface area (Å²) < 4.78 is 5.52. The molecule has 0 aliphatic carbocycles. The van der Waals surface area contributed by atoms with Crippen LogP contribution in [-0.4, -0.2) is 80.8 Å². The van der Waals surface area contributed by atoms with Gasteiger partial charge in [0.15, 0.2) is 5.65 Å². The number of phenolic OH excluding ortho intramolecular Hbond substituents is 1. The van der Waals surface area contributed by atoms with Crippen LogP contribution >= 0.6 is 0 Å². The SMILES string of the molecule is Cc1n[nH]c2nc(-c3ccc(O)cc3)cc(C(=O)N3CCN(C(=O)C4CCCO4)CC3)c12. The maximum absolute atomic E-state index is 13.5. The number of amides is 2. The Kier molecular flexibility index (Phi) is 5.26. The molecule has 0 radical (unpaired) electrons. The van der Waals surface area contributed by atoms with Gasteiger partial charge in [-0.3, -0.25) is 14.7 Å². The zero-order valence-corrected chi connectivity index (χ0v) is 17.9. The Bertz CT molecular complexity index is 1160. The number of phenols is 1. The third-order valence-electron chi connectivity index (χ3n) is 6.19. The highest BCUT2D eigenvalue weighted by Gasteiger charge is 2.32. The van der Waals surface area contributed by atoms with Crippen LogP contribution in [0.1, 0.15) is 28.9 Å². The number of rotatable bonds is 3. The van der Waals surface area contributed by atoms with Gasteiger partial charge in [0.1, 0.15) is 11.9 Å². The molecule has 5 rings (SSSR count). The summed E-state index contributed by atoms with van der Waals surface area (Å²) >= 11 is 0. The number of hydrogen-bond acceptors (Lipinski definition) is 6. The number of aromatic nitrogens is 3. The maximum Gasteiger partial charge on any atom is 0.254 e. The predicted octanol–water partition coefficient (Wildman–Crippen LogP) is 2.10. The second kappa shape index (κ2) is 8.23. The first kappa shape index (κ1) is 20.4. The van der Waals surface area contributed by atoms with Crippen LogP contribution < -0.4 is 0 Å². The van der Waals surface area contributed by atoms with E-state index in [1.807, 2.05) is 6.92 Å². The fraction of sp³-hybridized carbons (Fsp3) is 0.391. The number of nitrogens with zero attached hydrogens (tertiary/aromatic N) is 4. The number of carbonyl (C=O) groups excluding carboxylic acids is 2. The molecule has 2 aliphatic heterocycles. The number of benzene rings is 1. The number of nitrogens with one attached hydrogen (secondary N) is 1. The van der Waals surface area contributed by atoms with Crippen LogP contribution in [0.3, 0.4) is 0 Å². The van der Waals surface area contributed by atoms with Gasteiger partial charge >= 0.3 is 0 Å². The summed E-state index contributed by atoms with van der Waals surface area (Å²) in [6.45, 7) is 4.40. The van der Waals surface area contributed by atoms with E-state index in [2.05, 4.69) is 15.2 Å². The molecule has 2 aliphatic rings. The van der Waals surface area contributed by atoms with Gasteiger partial charge < -0.3 is 19.6 Å². The van der Waals surface area contributed by atoms with Gasteiger partial charge in [-0.15, -0.1) is 0 Å². The Labute approximate surface area is 185 Å². The molecule has 1 aromatic carbocycles. The lowest BCUT2D eigenvalue weighted by Crippen LogP contribution is -2.52. The van der Waals surface area contributed by atoms with E-state index in [1.165, 1.54) is 0 Å². The van der Waals surface area contributed by atoms with Crippen LogP contribution in [0.15, 0.2) is 30.3 Å². The topological polar surface area (TPSA) is 112 Å². The summed E-state index contributed by atoms with van der Waals surface area (Å²) in [5, 5.41) is 17.5. The first-order valence-electron chi connectivity index (χ1n) is 10.9. The zero-order chi connectivity index (χ0) is 22.2. The number of hydrogen-bond donors (Lipinski definition) is 2. The Morgan fingerprint density at radius 1 is 1.12 bits per heavy atom. The molecule has 1 atom stereocenters. The Hall–Kier alpha value is -3.46. The fourth-order valence-electron chi connectivity index (χ4n) is 4.41. The van der Waals surface area contributed by atoms with Crippen molar-refractivity contribution < 1.29 is 19.4 Å². The molecule has 9 heteroatoms. The van der Waals surface area contributed by atoms with Crippen LogP contribution in [0.25, 0.3) is 22.3 Å². The number of H-pyrrole nitrogens is 1. The van der Waals surface area contributed by atoms with E-state index in [-0.39, 0.29) is 23.7 Å². The minimum atomic E-state index is -0.335. The van der Waals surface area contributed by atoms with E-state index in [9.17, 15) is 14.7 Å². The van der Waals surface area contributed by atoms with Crippen LogP contribution in [0.4, 0.5) is 0 Å². The molecule has 0 bridgehead atoms. The molecule has 32 heavy (non-hydrogen) atoms. The van der Waals surface area contributed by atoms with Crippen molar-refractivity contribution in [3.05, 3.63) is 41.6 Å². The third-order valence-corrected chi connectivity index (χ3v) is 6.19. The van der Waals surface area contributed by atoms with Gasteiger partial charge in [0.05, 0.1) is 22.3 Å². The molecule has 4 heterocycles. The minimum Gasteiger partial charge on any atom is -0.508 e. The van der Waals surface area contributed by atoms with E-state index in [1.54, 1.807) is 40.1 Å². The highest BCUT2D eigenvalue weighted by Crippen LogP contribution is 2.28. The van der Waals surface area contributed by atoms with E-state index in [4.69, 9.17) is 4.74 Å². The van der Waals surface area contributed by atoms with Gasteiger partial charge in [-0.05, 0) is 50.1 Å². The average Bonchev–Trinajstić information content (AvgIpc) is 3.49. The lowest BCUT2D eigenvalue weighted by molar-refractivity contribution is -0.142. The normalized spacial score (nSPS) is 19.0. The van der Waals surface area contributed by atoms with Gasteiger partial charge in [0.25, 0.3) is 11.8 Å². The van der Waals surface area contributed by atoms with Crippen LogP contribution in [0, 0.1) is 6.92 Å². The molecule has 1 unspecified atom stereocenters. The van der Waals surface area contributed by atoms with Crippen molar-refractivity contribution in [2.24, 2.45) is 0 Å². The van der Waals surface area contributed by atoms with Crippen molar-refractivity contribution in [3.63, 3.8) is 0 Å². The van der Waals surface area contributed by atoms with Crippen molar-refractivity contribution in [1.29, 1.82) is 0 Å². The van der Waals surface area contributed by atoms with Crippen LogP contribution in [0.2, 0.25) is 0 Å². The largest absolute Gasteiger partial charge is 0.508 e. The predicted molar refractivity (Wildman–Crippen MR) is 117 cm³/mol. The average molecular weight is 435 g/mol. The summed E-state index contributed by atoms with van der Waals surface area (Å²) in [4.78, 5) is 34.3. The number of ether oxygens (including phenoxy) is 1. The standard InChI is InChI=1S/C23H25N5O4/c1-14-20-17(13-18(24-21(20)26-25-14)15-4-6-16(29)7-5-15)22(30)27-8-10-28(11-9-27)23(31)19-3-2-12-32-19/h4-7,13,19,29H,2-3,8-12H2,1H3,(H,24,25,26). The summed E-state index contributed by atoms with van der Waals surface area (Å²) in [7, 11) is 0. The van der Waals surface area contributed by atoms with E-state index in [0.29, 0.717) is 60.8 Å². The molecule has 166 valence electrons. The van der Waals surface area contributed by atoms with Crippen molar-refractivity contribution in [2.75, 3.05) is 32.8 Å². The maximum atomic E-state index is 13.5. The van der Waals surface area contributed by atoms with Gasteiger partial charge in [-0.25, -0.2) is 4.98 Å². The molecule has 2 amide bonds. The molecule has 0 saturated carbocycles. The number of carbonyl (C=O) groups is 2. The van der Waals surface area contributed by atoms with E-state index in [0.717, 1.165) is 18.4 Å². The molecular weight excluding hydrogens is 410 g/mol. The number of piperazine rings is 1. The summed E-state index contributed by atoms with van der Waals surface area (Å²) in [6, 6.07) is 8.48.